The van der Waals surface area contributed by atoms with E-state index in [1.165, 1.54) is 11.3 Å². The fourth-order valence-corrected chi connectivity index (χ4v) is 2.81. The predicted octanol–water partition coefficient (Wildman–Crippen LogP) is 1.78. The summed E-state index contributed by atoms with van der Waals surface area (Å²) in [6.45, 7) is 4.08. The fourth-order valence-electron chi connectivity index (χ4n) is 2.13. The number of thiazole rings is 1. The molecule has 6 nitrogen and oxygen atoms in total. The number of nitrogens with one attached hydrogen (secondary N) is 1. The first kappa shape index (κ1) is 12.8. The quantitative estimate of drug-likeness (QED) is 0.857. The van der Waals surface area contributed by atoms with E-state index in [2.05, 4.69) is 10.3 Å². The van der Waals surface area contributed by atoms with Crippen LogP contribution in [0.2, 0.25) is 0 Å². The van der Waals surface area contributed by atoms with Crippen molar-refractivity contribution < 1.29 is 14.7 Å². The van der Waals surface area contributed by atoms with Gasteiger partial charge in [-0.1, -0.05) is 0 Å². The van der Waals surface area contributed by atoms with Gasteiger partial charge in [-0.3, -0.25) is 10.1 Å². The summed E-state index contributed by atoms with van der Waals surface area (Å²) in [6.07, 6.45) is 0.501. The molecule has 7 heteroatoms. The molecule has 2 N–H and O–H groups in total. The molecule has 0 bridgehead atoms. The predicted molar refractivity (Wildman–Crippen MR) is 67.8 cm³/mol. The van der Waals surface area contributed by atoms with Crippen molar-refractivity contribution in [1.29, 1.82) is 0 Å². The maximum absolute atomic E-state index is 12.0. The molecule has 1 fully saturated rings. The Morgan fingerprint density at radius 3 is 2.83 bits per heavy atom. The van der Waals surface area contributed by atoms with Gasteiger partial charge in [0, 0.05) is 18.0 Å². The monoisotopic (exact) mass is 269 g/mol. The molecular weight excluding hydrogens is 254 g/mol. The van der Waals surface area contributed by atoms with Crippen LogP contribution in [0.25, 0.3) is 0 Å². The lowest BCUT2D eigenvalue weighted by molar-refractivity contribution is -0.142. The zero-order chi connectivity index (χ0) is 13.3. The van der Waals surface area contributed by atoms with Gasteiger partial charge in [0.25, 0.3) is 0 Å². The number of carbonyl (C=O) groups is 2. The van der Waals surface area contributed by atoms with Crippen LogP contribution < -0.4 is 5.32 Å². The molecule has 1 aromatic heterocycles. The summed E-state index contributed by atoms with van der Waals surface area (Å²) < 4.78 is 0. The van der Waals surface area contributed by atoms with E-state index in [0.29, 0.717) is 18.1 Å². The van der Waals surface area contributed by atoms with Crippen molar-refractivity contribution in [2.45, 2.75) is 26.3 Å². The molecule has 0 aliphatic carbocycles. The molecule has 2 heterocycles. The molecule has 0 aromatic carbocycles. The molecule has 2 amide bonds. The average Bonchev–Trinajstić information content (AvgIpc) is 2.85. The highest BCUT2D eigenvalue weighted by molar-refractivity contribution is 7.13. The van der Waals surface area contributed by atoms with Crippen LogP contribution in [0.15, 0.2) is 5.38 Å². The van der Waals surface area contributed by atoms with Crippen molar-refractivity contribution in [2.75, 3.05) is 11.9 Å². The second-order valence-electron chi connectivity index (χ2n) is 4.39. The Morgan fingerprint density at radius 1 is 1.61 bits per heavy atom. The third-order valence-electron chi connectivity index (χ3n) is 3.17. The Balaban J connectivity index is 2.00. The minimum absolute atomic E-state index is 0.277. The first-order valence-electron chi connectivity index (χ1n) is 5.71. The van der Waals surface area contributed by atoms with Crippen LogP contribution in [0.1, 0.15) is 19.0 Å². The maximum Gasteiger partial charge on any atom is 0.323 e. The molecule has 98 valence electrons. The summed E-state index contributed by atoms with van der Waals surface area (Å²) in [6, 6.07) is -0.566. The SMILES string of the molecule is Cc1csc(NC(=O)N2CCC(C(=O)O)C2C)n1. The van der Waals surface area contributed by atoms with E-state index in [0.717, 1.165) is 5.69 Å². The lowest BCUT2D eigenvalue weighted by Crippen LogP contribution is -2.40. The molecule has 18 heavy (non-hydrogen) atoms. The number of aliphatic carboxylic acids is 1. The summed E-state index contributed by atoms with van der Waals surface area (Å²) in [4.78, 5) is 28.7. The number of amides is 2. The molecule has 0 spiro atoms. The van der Waals surface area contributed by atoms with Gasteiger partial charge in [-0.25, -0.2) is 9.78 Å². The smallest absolute Gasteiger partial charge is 0.323 e. The molecule has 2 unspecified atom stereocenters. The van der Waals surface area contributed by atoms with Crippen molar-refractivity contribution in [3.05, 3.63) is 11.1 Å². The Labute approximate surface area is 109 Å². The zero-order valence-electron chi connectivity index (χ0n) is 10.2. The van der Waals surface area contributed by atoms with Gasteiger partial charge in [-0.15, -0.1) is 11.3 Å². The third-order valence-corrected chi connectivity index (χ3v) is 4.04. The molecule has 0 saturated carbocycles. The van der Waals surface area contributed by atoms with Gasteiger partial charge in [0.15, 0.2) is 5.13 Å². The van der Waals surface area contributed by atoms with Gasteiger partial charge >= 0.3 is 12.0 Å². The van der Waals surface area contributed by atoms with Gasteiger partial charge in [0.05, 0.1) is 11.6 Å². The number of aromatic nitrogens is 1. The van der Waals surface area contributed by atoms with E-state index in [1.807, 2.05) is 12.3 Å². The highest BCUT2D eigenvalue weighted by Crippen LogP contribution is 2.25. The van der Waals surface area contributed by atoms with Crippen molar-refractivity contribution >= 4 is 28.5 Å². The number of hydrogen-bond donors (Lipinski definition) is 2. The summed E-state index contributed by atoms with van der Waals surface area (Å²) in [7, 11) is 0. The van der Waals surface area contributed by atoms with E-state index >= 15 is 0 Å². The topological polar surface area (TPSA) is 82.5 Å². The second-order valence-corrected chi connectivity index (χ2v) is 5.25. The molecule has 1 saturated heterocycles. The molecule has 1 aliphatic heterocycles. The van der Waals surface area contributed by atoms with Crippen LogP contribution in [0.5, 0.6) is 0 Å². The van der Waals surface area contributed by atoms with E-state index in [9.17, 15) is 9.59 Å². The van der Waals surface area contributed by atoms with Gasteiger partial charge in [0.2, 0.25) is 0 Å². The Bertz CT molecular complexity index is 474. The number of aryl methyl sites for hydroxylation is 1. The maximum atomic E-state index is 12.0. The normalized spacial score (nSPS) is 23.1. The number of anilines is 1. The largest absolute Gasteiger partial charge is 0.481 e. The molecule has 1 aromatic rings. The lowest BCUT2D eigenvalue weighted by atomic mass is 10.0. The van der Waals surface area contributed by atoms with Gasteiger partial charge < -0.3 is 10.0 Å². The number of carboxylic acids is 1. The minimum atomic E-state index is -0.845. The third kappa shape index (κ3) is 2.45. The van der Waals surface area contributed by atoms with Crippen LogP contribution in [-0.2, 0) is 4.79 Å². The molecule has 0 radical (unpaired) electrons. The number of carboxylic acid groups (broad SMARTS) is 1. The highest BCUT2D eigenvalue weighted by Gasteiger charge is 2.38. The zero-order valence-corrected chi connectivity index (χ0v) is 11.0. The van der Waals surface area contributed by atoms with Crippen LogP contribution in [0.3, 0.4) is 0 Å². The second kappa shape index (κ2) is 4.93. The number of urea groups is 1. The fraction of sp³-hybridized carbons (Fsp3) is 0.545. The summed E-state index contributed by atoms with van der Waals surface area (Å²) >= 11 is 1.36. The van der Waals surface area contributed by atoms with Crippen LogP contribution >= 0.6 is 11.3 Å². The first-order chi connectivity index (χ1) is 8.49. The first-order valence-corrected chi connectivity index (χ1v) is 6.59. The van der Waals surface area contributed by atoms with Crippen molar-refractivity contribution in [1.82, 2.24) is 9.88 Å². The van der Waals surface area contributed by atoms with Crippen LogP contribution in [-0.4, -0.2) is 39.6 Å². The Morgan fingerprint density at radius 2 is 2.33 bits per heavy atom. The molecular formula is C11H15N3O3S. The van der Waals surface area contributed by atoms with Crippen molar-refractivity contribution in [3.63, 3.8) is 0 Å². The van der Waals surface area contributed by atoms with E-state index in [-0.39, 0.29) is 12.1 Å². The van der Waals surface area contributed by atoms with Crippen molar-refractivity contribution in [2.24, 2.45) is 5.92 Å². The van der Waals surface area contributed by atoms with Gasteiger partial charge in [-0.2, -0.15) is 0 Å². The van der Waals surface area contributed by atoms with E-state index in [4.69, 9.17) is 5.11 Å². The average molecular weight is 269 g/mol. The number of hydrogen-bond acceptors (Lipinski definition) is 4. The van der Waals surface area contributed by atoms with Gasteiger partial charge in [-0.05, 0) is 20.3 Å². The number of carbonyl (C=O) groups excluding carboxylic acids is 1. The molecule has 2 rings (SSSR count). The number of rotatable bonds is 2. The summed E-state index contributed by atoms with van der Waals surface area (Å²) in [5, 5.41) is 14.1. The Kier molecular flexibility index (Phi) is 3.51. The number of likely N-dealkylation sites (tertiary alicyclic amines) is 1. The Hall–Kier alpha value is -1.63. The molecule has 2 atom stereocenters. The van der Waals surface area contributed by atoms with E-state index < -0.39 is 11.9 Å². The molecule has 1 aliphatic rings. The summed E-state index contributed by atoms with van der Waals surface area (Å²) in [5.74, 6) is -1.32. The highest BCUT2D eigenvalue weighted by atomic mass is 32.1. The van der Waals surface area contributed by atoms with Crippen LogP contribution in [0, 0.1) is 12.8 Å². The standard InChI is InChI=1S/C11H15N3O3S/c1-6-5-18-10(12-6)13-11(17)14-4-3-8(7(14)2)9(15)16/h5,7-8H,3-4H2,1-2H3,(H,15,16)(H,12,13,17). The summed E-state index contributed by atoms with van der Waals surface area (Å²) in [5.41, 5.74) is 0.855. The van der Waals surface area contributed by atoms with Crippen molar-refractivity contribution in [3.8, 4) is 0 Å². The van der Waals surface area contributed by atoms with E-state index in [1.54, 1.807) is 11.8 Å². The van der Waals surface area contributed by atoms with Gasteiger partial charge in [0.1, 0.15) is 0 Å². The number of nitrogens with zero attached hydrogens (tertiary/aromatic N) is 2. The van der Waals surface area contributed by atoms with Crippen LogP contribution in [0.4, 0.5) is 9.93 Å². The minimum Gasteiger partial charge on any atom is -0.481 e. The lowest BCUT2D eigenvalue weighted by Gasteiger charge is -2.22.